The average molecular weight is 242 g/mol. The Morgan fingerprint density at radius 3 is 2.71 bits per heavy atom. The monoisotopic (exact) mass is 242 g/mol. The standard InChI is InChI=1S/C13H26N2O2/c1-10(2)6-11(8-14)7-13(16)15(3)12-4-5-17-9-12/h10-12H,4-9,14H2,1-3H3/t11-,12?/m0/s1. The molecule has 4 heteroatoms. The second-order valence-corrected chi connectivity index (χ2v) is 5.46. The second-order valence-electron chi connectivity index (χ2n) is 5.46. The first kappa shape index (κ1) is 14.5. The summed E-state index contributed by atoms with van der Waals surface area (Å²) in [5.41, 5.74) is 5.73. The largest absolute Gasteiger partial charge is 0.379 e. The van der Waals surface area contributed by atoms with Crippen LogP contribution in [-0.4, -0.2) is 43.7 Å². The van der Waals surface area contributed by atoms with E-state index in [0.29, 0.717) is 31.4 Å². The first-order chi connectivity index (χ1) is 8.04. The normalized spacial score (nSPS) is 21.8. The Kier molecular flexibility index (Phi) is 5.92. The molecule has 1 rings (SSSR count). The van der Waals surface area contributed by atoms with Gasteiger partial charge in [-0.3, -0.25) is 4.79 Å². The van der Waals surface area contributed by atoms with Crippen LogP contribution in [0.2, 0.25) is 0 Å². The SMILES string of the molecule is CC(C)C[C@H](CN)CC(=O)N(C)C1CCOC1. The molecule has 1 unspecified atom stereocenters. The van der Waals surface area contributed by atoms with E-state index in [9.17, 15) is 4.79 Å². The van der Waals surface area contributed by atoms with E-state index >= 15 is 0 Å². The third-order valence-electron chi connectivity index (χ3n) is 3.45. The predicted octanol–water partition coefficient (Wildman–Crippen LogP) is 1.24. The molecule has 0 radical (unpaired) electrons. The van der Waals surface area contributed by atoms with E-state index in [0.717, 1.165) is 19.4 Å². The van der Waals surface area contributed by atoms with Gasteiger partial charge in [0.2, 0.25) is 5.91 Å². The Labute approximate surface area is 104 Å². The van der Waals surface area contributed by atoms with E-state index in [1.54, 1.807) is 0 Å². The summed E-state index contributed by atoms with van der Waals surface area (Å²) in [6, 6.07) is 0.264. The average Bonchev–Trinajstić information content (AvgIpc) is 2.79. The molecule has 2 N–H and O–H groups in total. The van der Waals surface area contributed by atoms with Gasteiger partial charge in [-0.2, -0.15) is 0 Å². The van der Waals surface area contributed by atoms with Crippen molar-refractivity contribution in [2.24, 2.45) is 17.6 Å². The van der Waals surface area contributed by atoms with Gasteiger partial charge in [0.1, 0.15) is 0 Å². The smallest absolute Gasteiger partial charge is 0.222 e. The minimum atomic E-state index is 0.205. The van der Waals surface area contributed by atoms with Crippen molar-refractivity contribution in [1.82, 2.24) is 4.90 Å². The molecule has 2 atom stereocenters. The lowest BCUT2D eigenvalue weighted by Crippen LogP contribution is -2.39. The van der Waals surface area contributed by atoms with Crippen molar-refractivity contribution in [3.05, 3.63) is 0 Å². The highest BCUT2D eigenvalue weighted by atomic mass is 16.5. The number of nitrogens with zero attached hydrogens (tertiary/aromatic N) is 1. The maximum Gasteiger partial charge on any atom is 0.222 e. The number of hydrogen-bond acceptors (Lipinski definition) is 3. The highest BCUT2D eigenvalue weighted by molar-refractivity contribution is 5.76. The lowest BCUT2D eigenvalue weighted by Gasteiger charge is -2.26. The van der Waals surface area contributed by atoms with Gasteiger partial charge in [0.25, 0.3) is 0 Å². The van der Waals surface area contributed by atoms with Crippen molar-refractivity contribution in [2.75, 3.05) is 26.8 Å². The van der Waals surface area contributed by atoms with E-state index in [-0.39, 0.29) is 11.9 Å². The van der Waals surface area contributed by atoms with Crippen LogP contribution in [0.1, 0.15) is 33.1 Å². The third kappa shape index (κ3) is 4.64. The Morgan fingerprint density at radius 1 is 1.53 bits per heavy atom. The van der Waals surface area contributed by atoms with Crippen LogP contribution in [0, 0.1) is 11.8 Å². The Hall–Kier alpha value is -0.610. The fourth-order valence-corrected chi connectivity index (χ4v) is 2.35. The van der Waals surface area contributed by atoms with E-state index < -0.39 is 0 Å². The zero-order chi connectivity index (χ0) is 12.8. The fourth-order valence-electron chi connectivity index (χ4n) is 2.35. The van der Waals surface area contributed by atoms with Gasteiger partial charge >= 0.3 is 0 Å². The van der Waals surface area contributed by atoms with Crippen LogP contribution in [0.25, 0.3) is 0 Å². The zero-order valence-corrected chi connectivity index (χ0v) is 11.3. The van der Waals surface area contributed by atoms with Crippen LogP contribution < -0.4 is 5.73 Å². The van der Waals surface area contributed by atoms with Crippen LogP contribution in [0.4, 0.5) is 0 Å². The molecule has 1 heterocycles. The van der Waals surface area contributed by atoms with Gasteiger partial charge in [0.15, 0.2) is 0 Å². The van der Waals surface area contributed by atoms with Gasteiger partial charge < -0.3 is 15.4 Å². The highest BCUT2D eigenvalue weighted by Gasteiger charge is 2.25. The first-order valence-corrected chi connectivity index (χ1v) is 6.58. The molecule has 1 aliphatic heterocycles. The van der Waals surface area contributed by atoms with Crippen molar-refractivity contribution in [1.29, 1.82) is 0 Å². The Balaban J connectivity index is 2.40. The second kappa shape index (κ2) is 6.97. The minimum Gasteiger partial charge on any atom is -0.379 e. The maximum atomic E-state index is 12.1. The summed E-state index contributed by atoms with van der Waals surface area (Å²) in [7, 11) is 1.88. The summed E-state index contributed by atoms with van der Waals surface area (Å²) < 4.78 is 5.31. The van der Waals surface area contributed by atoms with Crippen molar-refractivity contribution in [3.63, 3.8) is 0 Å². The third-order valence-corrected chi connectivity index (χ3v) is 3.45. The van der Waals surface area contributed by atoms with Crippen LogP contribution in [0.15, 0.2) is 0 Å². The number of ether oxygens (including phenoxy) is 1. The van der Waals surface area contributed by atoms with Gasteiger partial charge in [-0.25, -0.2) is 0 Å². The summed E-state index contributed by atoms with van der Waals surface area (Å²) in [4.78, 5) is 13.9. The Bertz CT molecular complexity index is 238. The zero-order valence-electron chi connectivity index (χ0n) is 11.3. The topological polar surface area (TPSA) is 55.6 Å². The van der Waals surface area contributed by atoms with Crippen molar-refractivity contribution >= 4 is 5.91 Å². The minimum absolute atomic E-state index is 0.205. The lowest BCUT2D eigenvalue weighted by molar-refractivity contribution is -0.133. The number of carbonyl (C=O) groups is 1. The molecule has 100 valence electrons. The number of rotatable bonds is 6. The molecule has 0 aromatic heterocycles. The van der Waals surface area contributed by atoms with Gasteiger partial charge in [0, 0.05) is 20.1 Å². The van der Waals surface area contributed by atoms with E-state index in [4.69, 9.17) is 10.5 Å². The fraction of sp³-hybridized carbons (Fsp3) is 0.923. The van der Waals surface area contributed by atoms with Gasteiger partial charge in [0.05, 0.1) is 12.6 Å². The van der Waals surface area contributed by atoms with Gasteiger partial charge in [-0.1, -0.05) is 13.8 Å². The molecule has 1 fully saturated rings. The number of carbonyl (C=O) groups excluding carboxylic acids is 1. The maximum absolute atomic E-state index is 12.1. The van der Waals surface area contributed by atoms with Crippen molar-refractivity contribution < 1.29 is 9.53 Å². The molecule has 0 aliphatic carbocycles. The van der Waals surface area contributed by atoms with E-state index in [1.165, 1.54) is 0 Å². The van der Waals surface area contributed by atoms with E-state index in [2.05, 4.69) is 13.8 Å². The van der Waals surface area contributed by atoms with Crippen LogP contribution in [0.3, 0.4) is 0 Å². The van der Waals surface area contributed by atoms with Crippen molar-refractivity contribution in [2.45, 2.75) is 39.2 Å². The molecule has 17 heavy (non-hydrogen) atoms. The molecule has 0 aromatic rings. The predicted molar refractivity (Wildman–Crippen MR) is 68.6 cm³/mol. The molecule has 1 aliphatic rings. The van der Waals surface area contributed by atoms with Crippen LogP contribution in [-0.2, 0) is 9.53 Å². The summed E-state index contributed by atoms with van der Waals surface area (Å²) >= 11 is 0. The lowest BCUT2D eigenvalue weighted by atomic mass is 9.93. The molecule has 1 saturated heterocycles. The quantitative estimate of drug-likeness (QED) is 0.762. The summed E-state index contributed by atoms with van der Waals surface area (Å²) in [6.07, 6.45) is 2.55. The first-order valence-electron chi connectivity index (χ1n) is 6.58. The molecule has 0 aromatic carbocycles. The molecule has 0 saturated carbocycles. The summed E-state index contributed by atoms with van der Waals surface area (Å²) in [6.45, 7) is 6.39. The van der Waals surface area contributed by atoms with E-state index in [1.807, 2.05) is 11.9 Å². The van der Waals surface area contributed by atoms with Crippen LogP contribution >= 0.6 is 0 Å². The summed E-state index contributed by atoms with van der Waals surface area (Å²) in [5.74, 6) is 1.11. The molecular formula is C13H26N2O2. The Morgan fingerprint density at radius 2 is 2.24 bits per heavy atom. The molecule has 4 nitrogen and oxygen atoms in total. The number of hydrogen-bond donors (Lipinski definition) is 1. The highest BCUT2D eigenvalue weighted by Crippen LogP contribution is 2.18. The molecule has 1 amide bonds. The van der Waals surface area contributed by atoms with Gasteiger partial charge in [-0.15, -0.1) is 0 Å². The molecule has 0 spiro atoms. The number of nitrogens with two attached hydrogens (primary N) is 1. The van der Waals surface area contributed by atoms with Gasteiger partial charge in [-0.05, 0) is 31.2 Å². The summed E-state index contributed by atoms with van der Waals surface area (Å²) in [5, 5.41) is 0. The molecule has 0 bridgehead atoms. The van der Waals surface area contributed by atoms with Crippen molar-refractivity contribution in [3.8, 4) is 0 Å². The van der Waals surface area contributed by atoms with Crippen LogP contribution in [0.5, 0.6) is 0 Å². The number of likely N-dealkylation sites (N-methyl/N-ethyl adjacent to an activating group) is 1. The molecular weight excluding hydrogens is 216 g/mol. The number of amides is 1.